The molecule has 2 aromatic rings. The van der Waals surface area contributed by atoms with E-state index in [0.29, 0.717) is 21.0 Å². The van der Waals surface area contributed by atoms with E-state index in [1.165, 1.54) is 6.07 Å². The minimum atomic E-state index is -3.75. The van der Waals surface area contributed by atoms with Crippen molar-refractivity contribution in [2.24, 2.45) is 0 Å². The zero-order valence-electron chi connectivity index (χ0n) is 11.8. The fourth-order valence-electron chi connectivity index (χ4n) is 2.17. The Kier molecular flexibility index (Phi) is 4.59. The molecule has 1 atom stereocenters. The van der Waals surface area contributed by atoms with Crippen molar-refractivity contribution in [3.8, 4) is 0 Å². The maximum atomic E-state index is 12.6. The first-order valence-corrected chi connectivity index (χ1v) is 10.1. The van der Waals surface area contributed by atoms with E-state index in [-0.39, 0.29) is 10.7 Å². The highest BCUT2D eigenvalue weighted by molar-refractivity contribution is 9.10. The van der Waals surface area contributed by atoms with Gasteiger partial charge in [0.2, 0.25) is 10.0 Å². The number of carbonyl (C=O) groups is 1. The summed E-state index contributed by atoms with van der Waals surface area (Å²) in [6.45, 7) is 1.74. The van der Waals surface area contributed by atoms with E-state index in [1.54, 1.807) is 37.3 Å². The van der Waals surface area contributed by atoms with Gasteiger partial charge in [-0.25, -0.2) is 8.42 Å². The van der Waals surface area contributed by atoms with E-state index in [4.69, 9.17) is 11.6 Å². The minimum absolute atomic E-state index is 0.157. The lowest BCUT2D eigenvalue weighted by Crippen LogP contribution is -2.41. The molecular weight excluding hydrogens is 422 g/mol. The van der Waals surface area contributed by atoms with Crippen LogP contribution >= 0.6 is 39.3 Å². The zero-order chi connectivity index (χ0) is 16.8. The standard InChI is InChI=1S/C15H11BrClNO3S2/c1-8-6-13-12(7-11(8)17)22-15(18-23(13,20)21)14(19)9-2-4-10(16)5-3-9/h2-7,15,18H,1H3. The maximum Gasteiger partial charge on any atom is 0.243 e. The molecule has 1 N–H and O–H groups in total. The molecule has 3 rings (SSSR count). The Bertz CT molecular complexity index is 898. The van der Waals surface area contributed by atoms with E-state index < -0.39 is 15.4 Å². The van der Waals surface area contributed by atoms with Crippen molar-refractivity contribution in [2.45, 2.75) is 22.1 Å². The Balaban J connectivity index is 2.00. The second kappa shape index (κ2) is 6.22. The number of aryl methyl sites for hydroxylation is 1. The van der Waals surface area contributed by atoms with Crippen LogP contribution < -0.4 is 4.72 Å². The molecule has 4 nitrogen and oxygen atoms in total. The second-order valence-electron chi connectivity index (χ2n) is 5.04. The largest absolute Gasteiger partial charge is 0.291 e. The second-order valence-corrected chi connectivity index (χ2v) is 9.19. The topological polar surface area (TPSA) is 63.2 Å². The number of carbonyl (C=O) groups excluding carboxylic acids is 1. The predicted octanol–water partition coefficient (Wildman–Crippen LogP) is 4.00. The fourth-order valence-corrected chi connectivity index (χ4v) is 5.74. The molecule has 0 aromatic heterocycles. The van der Waals surface area contributed by atoms with E-state index in [1.807, 2.05) is 0 Å². The summed E-state index contributed by atoms with van der Waals surface area (Å²) in [6, 6.07) is 9.90. The van der Waals surface area contributed by atoms with E-state index >= 15 is 0 Å². The quantitative estimate of drug-likeness (QED) is 0.729. The molecular formula is C15H11BrClNO3S2. The Morgan fingerprint density at radius 2 is 1.91 bits per heavy atom. The third-order valence-electron chi connectivity index (χ3n) is 3.39. The number of hydrogen-bond acceptors (Lipinski definition) is 4. The van der Waals surface area contributed by atoms with Crippen molar-refractivity contribution in [1.82, 2.24) is 4.72 Å². The van der Waals surface area contributed by atoms with Crippen LogP contribution in [-0.4, -0.2) is 19.6 Å². The molecule has 0 bridgehead atoms. The van der Waals surface area contributed by atoms with Crippen LogP contribution in [0.3, 0.4) is 0 Å². The highest BCUT2D eigenvalue weighted by Crippen LogP contribution is 2.38. The van der Waals surface area contributed by atoms with Crippen molar-refractivity contribution < 1.29 is 13.2 Å². The van der Waals surface area contributed by atoms with Gasteiger partial charge in [0.25, 0.3) is 0 Å². The van der Waals surface area contributed by atoms with Crippen molar-refractivity contribution in [3.05, 3.63) is 57.0 Å². The number of halogens is 2. The van der Waals surface area contributed by atoms with Gasteiger partial charge in [0.1, 0.15) is 5.37 Å². The van der Waals surface area contributed by atoms with Crippen LogP contribution in [0, 0.1) is 6.92 Å². The number of rotatable bonds is 2. The molecule has 1 aliphatic rings. The fraction of sp³-hybridized carbons (Fsp3) is 0.133. The molecule has 23 heavy (non-hydrogen) atoms. The number of nitrogens with one attached hydrogen (secondary N) is 1. The molecule has 2 aromatic carbocycles. The summed E-state index contributed by atoms with van der Waals surface area (Å²) in [5.41, 5.74) is 1.11. The number of fused-ring (bicyclic) bond motifs is 1. The monoisotopic (exact) mass is 431 g/mol. The molecule has 0 saturated carbocycles. The van der Waals surface area contributed by atoms with Gasteiger partial charge in [-0.15, -0.1) is 0 Å². The lowest BCUT2D eigenvalue weighted by molar-refractivity contribution is 0.0985. The van der Waals surface area contributed by atoms with Crippen molar-refractivity contribution in [3.63, 3.8) is 0 Å². The smallest absolute Gasteiger partial charge is 0.243 e. The Labute approximate surface area is 151 Å². The summed E-state index contributed by atoms with van der Waals surface area (Å²) in [6.07, 6.45) is 0. The number of ketones is 1. The van der Waals surface area contributed by atoms with Gasteiger partial charge in [-0.05, 0) is 36.8 Å². The summed E-state index contributed by atoms with van der Waals surface area (Å²) in [4.78, 5) is 13.2. The van der Waals surface area contributed by atoms with Gasteiger partial charge < -0.3 is 0 Å². The third-order valence-corrected chi connectivity index (χ3v) is 7.22. The highest BCUT2D eigenvalue weighted by Gasteiger charge is 2.35. The maximum absolute atomic E-state index is 12.6. The molecule has 0 saturated heterocycles. The number of sulfonamides is 1. The van der Waals surface area contributed by atoms with Gasteiger partial charge in [-0.2, -0.15) is 4.72 Å². The van der Waals surface area contributed by atoms with E-state index in [0.717, 1.165) is 16.2 Å². The first-order valence-electron chi connectivity index (χ1n) is 6.57. The van der Waals surface area contributed by atoms with Crippen molar-refractivity contribution >= 4 is 55.1 Å². The predicted molar refractivity (Wildman–Crippen MR) is 94.6 cm³/mol. The molecule has 0 aliphatic carbocycles. The minimum Gasteiger partial charge on any atom is -0.291 e. The van der Waals surface area contributed by atoms with Gasteiger partial charge in [0, 0.05) is 20.0 Å². The number of thioether (sulfide) groups is 1. The van der Waals surface area contributed by atoms with Gasteiger partial charge in [-0.3, -0.25) is 4.79 Å². The zero-order valence-corrected chi connectivity index (χ0v) is 15.8. The molecule has 0 radical (unpaired) electrons. The summed E-state index contributed by atoms with van der Waals surface area (Å²) in [7, 11) is -3.75. The van der Waals surface area contributed by atoms with Crippen LogP contribution in [0.15, 0.2) is 50.7 Å². The highest BCUT2D eigenvalue weighted by atomic mass is 79.9. The Hall–Kier alpha value is -0.860. The normalized spacial score (nSPS) is 19.2. The van der Waals surface area contributed by atoms with Gasteiger partial charge in [-0.1, -0.05) is 51.4 Å². The average molecular weight is 433 g/mol. The molecule has 120 valence electrons. The van der Waals surface area contributed by atoms with Crippen LogP contribution in [-0.2, 0) is 10.0 Å². The first-order chi connectivity index (χ1) is 10.8. The van der Waals surface area contributed by atoms with Gasteiger partial charge in [0.05, 0.1) is 4.90 Å². The van der Waals surface area contributed by atoms with Crippen LogP contribution in [0.5, 0.6) is 0 Å². The van der Waals surface area contributed by atoms with Crippen molar-refractivity contribution in [1.29, 1.82) is 0 Å². The Morgan fingerprint density at radius 3 is 2.57 bits per heavy atom. The van der Waals surface area contributed by atoms with Crippen molar-refractivity contribution in [2.75, 3.05) is 0 Å². The Morgan fingerprint density at radius 1 is 1.26 bits per heavy atom. The number of benzene rings is 2. The molecule has 8 heteroatoms. The molecule has 0 spiro atoms. The average Bonchev–Trinajstić information content (AvgIpc) is 2.49. The summed E-state index contributed by atoms with van der Waals surface area (Å²) in [5.74, 6) is -0.298. The summed E-state index contributed by atoms with van der Waals surface area (Å²) >= 11 is 10.5. The molecule has 1 heterocycles. The van der Waals surface area contributed by atoms with Gasteiger partial charge in [0.15, 0.2) is 5.78 Å². The summed E-state index contributed by atoms with van der Waals surface area (Å²) in [5, 5.41) is -0.435. The van der Waals surface area contributed by atoms with E-state index in [9.17, 15) is 13.2 Å². The lowest BCUT2D eigenvalue weighted by Gasteiger charge is -2.25. The molecule has 0 fully saturated rings. The first kappa shape index (κ1) is 17.0. The van der Waals surface area contributed by atoms with Crippen LogP contribution in [0.2, 0.25) is 5.02 Å². The SMILES string of the molecule is Cc1cc2c(cc1Cl)SC(C(=O)c1ccc(Br)cc1)NS2(=O)=O. The van der Waals surface area contributed by atoms with Crippen LogP contribution in [0.1, 0.15) is 15.9 Å². The van der Waals surface area contributed by atoms with Gasteiger partial charge >= 0.3 is 0 Å². The summed E-state index contributed by atoms with van der Waals surface area (Å²) < 4.78 is 28.1. The molecule has 0 amide bonds. The molecule has 1 aliphatic heterocycles. The number of hydrogen-bond donors (Lipinski definition) is 1. The number of Topliss-reactive ketones (excluding diaryl/α,β-unsaturated/α-hetero) is 1. The van der Waals surface area contributed by atoms with Crippen LogP contribution in [0.4, 0.5) is 0 Å². The van der Waals surface area contributed by atoms with Crippen LogP contribution in [0.25, 0.3) is 0 Å². The molecule has 1 unspecified atom stereocenters. The third kappa shape index (κ3) is 3.34. The van der Waals surface area contributed by atoms with E-state index in [2.05, 4.69) is 20.7 Å². The lowest BCUT2D eigenvalue weighted by atomic mass is 10.1.